The lowest BCUT2D eigenvalue weighted by molar-refractivity contribution is -0.141. The van der Waals surface area contributed by atoms with Crippen LogP contribution in [0.25, 0.3) is 0 Å². The molecule has 0 saturated carbocycles. The number of piperidine rings is 1. The van der Waals surface area contributed by atoms with Crippen LogP contribution in [0.1, 0.15) is 40.0 Å². The molecule has 1 heterocycles. The van der Waals surface area contributed by atoms with E-state index in [0.717, 1.165) is 19.4 Å². The predicted molar refractivity (Wildman–Crippen MR) is 69.4 cm³/mol. The first-order valence-corrected chi connectivity index (χ1v) is 6.67. The van der Waals surface area contributed by atoms with Gasteiger partial charge in [-0.25, -0.2) is 0 Å². The quantitative estimate of drug-likeness (QED) is 0.802. The van der Waals surface area contributed by atoms with Crippen LogP contribution in [0.2, 0.25) is 0 Å². The number of hydrogen-bond acceptors (Lipinski definition) is 3. The largest absolute Gasteiger partial charge is 0.480 e. The maximum absolute atomic E-state index is 12.2. The Kier molecular flexibility index (Phi) is 5.59. The first kappa shape index (κ1) is 15.0. The van der Waals surface area contributed by atoms with Crippen molar-refractivity contribution >= 4 is 11.9 Å². The minimum atomic E-state index is -0.886. The number of carbonyl (C=O) groups excluding carboxylic acids is 1. The average Bonchev–Trinajstić information content (AvgIpc) is 2.27. The number of hydrogen-bond donors (Lipinski definition) is 1. The van der Waals surface area contributed by atoms with Gasteiger partial charge in [-0.1, -0.05) is 0 Å². The van der Waals surface area contributed by atoms with E-state index in [1.54, 1.807) is 4.90 Å². The summed E-state index contributed by atoms with van der Waals surface area (Å²) < 4.78 is 0. The lowest BCUT2D eigenvalue weighted by atomic mass is 10.0. The fourth-order valence-electron chi connectivity index (χ4n) is 2.33. The number of aliphatic carboxylic acids is 1. The maximum Gasteiger partial charge on any atom is 0.317 e. The molecule has 1 unspecified atom stereocenters. The van der Waals surface area contributed by atoms with E-state index in [0.29, 0.717) is 0 Å². The molecule has 0 aromatic heterocycles. The highest BCUT2D eigenvalue weighted by Crippen LogP contribution is 2.16. The molecule has 1 aliphatic rings. The van der Waals surface area contributed by atoms with Crippen LogP contribution in [0.3, 0.4) is 0 Å². The smallest absolute Gasteiger partial charge is 0.317 e. The summed E-state index contributed by atoms with van der Waals surface area (Å²) in [6, 6.07) is 0.343. The van der Waals surface area contributed by atoms with Gasteiger partial charge in [0.2, 0.25) is 5.91 Å². The molecule has 1 saturated heterocycles. The van der Waals surface area contributed by atoms with Gasteiger partial charge in [-0.3, -0.25) is 14.5 Å². The van der Waals surface area contributed by atoms with Crippen LogP contribution >= 0.6 is 0 Å². The van der Waals surface area contributed by atoms with E-state index in [1.165, 1.54) is 6.42 Å². The normalized spacial score (nSPS) is 20.5. The van der Waals surface area contributed by atoms with E-state index in [9.17, 15) is 9.59 Å². The molecular weight excluding hydrogens is 232 g/mol. The van der Waals surface area contributed by atoms with Crippen molar-refractivity contribution in [1.29, 1.82) is 0 Å². The van der Waals surface area contributed by atoms with E-state index >= 15 is 0 Å². The number of carboxylic acid groups (broad SMARTS) is 1. The van der Waals surface area contributed by atoms with Crippen LogP contribution in [-0.2, 0) is 9.59 Å². The zero-order valence-corrected chi connectivity index (χ0v) is 11.6. The maximum atomic E-state index is 12.2. The highest BCUT2D eigenvalue weighted by molar-refractivity contribution is 5.79. The molecule has 1 amide bonds. The molecule has 1 fully saturated rings. The van der Waals surface area contributed by atoms with Crippen molar-refractivity contribution in [2.45, 2.75) is 52.1 Å². The SMILES string of the molecule is CC(C)N(CC(=O)O)CC(=O)N1CCCCC1C. The first-order chi connectivity index (χ1) is 8.41. The van der Waals surface area contributed by atoms with Gasteiger partial charge in [-0.15, -0.1) is 0 Å². The molecule has 18 heavy (non-hydrogen) atoms. The van der Waals surface area contributed by atoms with Gasteiger partial charge >= 0.3 is 5.97 Å². The zero-order valence-electron chi connectivity index (χ0n) is 11.6. The third-order valence-electron chi connectivity index (χ3n) is 3.53. The Balaban J connectivity index is 2.57. The average molecular weight is 256 g/mol. The van der Waals surface area contributed by atoms with Gasteiger partial charge in [-0.2, -0.15) is 0 Å². The van der Waals surface area contributed by atoms with E-state index in [1.807, 2.05) is 18.7 Å². The van der Waals surface area contributed by atoms with E-state index in [4.69, 9.17) is 5.11 Å². The molecule has 5 nitrogen and oxygen atoms in total. The van der Waals surface area contributed by atoms with Crippen LogP contribution < -0.4 is 0 Å². The van der Waals surface area contributed by atoms with Gasteiger partial charge in [0.05, 0.1) is 13.1 Å². The highest BCUT2D eigenvalue weighted by Gasteiger charge is 2.26. The fourth-order valence-corrected chi connectivity index (χ4v) is 2.33. The Labute approximate surface area is 109 Å². The van der Waals surface area contributed by atoms with Crippen LogP contribution in [-0.4, -0.2) is 58.5 Å². The standard InChI is InChI=1S/C13H24N2O3/c1-10(2)14(9-13(17)18)8-12(16)15-7-5-4-6-11(15)3/h10-11H,4-9H2,1-3H3,(H,17,18). The summed E-state index contributed by atoms with van der Waals surface area (Å²) in [4.78, 5) is 26.6. The number of rotatable bonds is 5. The van der Waals surface area contributed by atoms with Crippen molar-refractivity contribution in [2.75, 3.05) is 19.6 Å². The molecule has 0 aromatic rings. The third-order valence-corrected chi connectivity index (χ3v) is 3.53. The Morgan fingerprint density at radius 1 is 1.33 bits per heavy atom. The summed E-state index contributed by atoms with van der Waals surface area (Å²) in [6.45, 7) is 6.82. The second kappa shape index (κ2) is 6.73. The lowest BCUT2D eigenvalue weighted by Crippen LogP contribution is -2.49. The second-order valence-electron chi connectivity index (χ2n) is 5.32. The molecule has 5 heteroatoms. The summed E-state index contributed by atoms with van der Waals surface area (Å²) >= 11 is 0. The minimum absolute atomic E-state index is 0.0529. The van der Waals surface area contributed by atoms with E-state index < -0.39 is 5.97 Å². The molecule has 1 N–H and O–H groups in total. The van der Waals surface area contributed by atoms with Crippen molar-refractivity contribution in [3.05, 3.63) is 0 Å². The van der Waals surface area contributed by atoms with Gasteiger partial charge in [0.15, 0.2) is 0 Å². The Morgan fingerprint density at radius 3 is 2.50 bits per heavy atom. The summed E-state index contributed by atoms with van der Waals surface area (Å²) in [5.74, 6) is -0.833. The van der Waals surface area contributed by atoms with Crippen LogP contribution in [0.5, 0.6) is 0 Å². The van der Waals surface area contributed by atoms with Crippen molar-refractivity contribution in [1.82, 2.24) is 9.80 Å². The summed E-state index contributed by atoms with van der Waals surface area (Å²) in [5, 5.41) is 8.84. The van der Waals surface area contributed by atoms with Crippen LogP contribution in [0, 0.1) is 0 Å². The van der Waals surface area contributed by atoms with Gasteiger partial charge in [-0.05, 0) is 40.0 Å². The minimum Gasteiger partial charge on any atom is -0.480 e. The van der Waals surface area contributed by atoms with Crippen LogP contribution in [0.4, 0.5) is 0 Å². The Hall–Kier alpha value is -1.10. The molecule has 0 aromatic carbocycles. The van der Waals surface area contributed by atoms with Crippen molar-refractivity contribution in [3.8, 4) is 0 Å². The molecule has 0 spiro atoms. The number of nitrogens with zero attached hydrogens (tertiary/aromatic N) is 2. The van der Waals surface area contributed by atoms with E-state index in [2.05, 4.69) is 6.92 Å². The molecule has 1 atom stereocenters. The first-order valence-electron chi connectivity index (χ1n) is 6.67. The topological polar surface area (TPSA) is 60.9 Å². The molecule has 104 valence electrons. The zero-order chi connectivity index (χ0) is 13.7. The number of carboxylic acids is 1. The summed E-state index contributed by atoms with van der Waals surface area (Å²) in [7, 11) is 0. The Morgan fingerprint density at radius 2 is 2.00 bits per heavy atom. The second-order valence-corrected chi connectivity index (χ2v) is 5.32. The lowest BCUT2D eigenvalue weighted by Gasteiger charge is -2.35. The van der Waals surface area contributed by atoms with Crippen LogP contribution in [0.15, 0.2) is 0 Å². The molecule has 1 rings (SSSR count). The highest BCUT2D eigenvalue weighted by atomic mass is 16.4. The van der Waals surface area contributed by atoms with Crippen molar-refractivity contribution < 1.29 is 14.7 Å². The molecule has 1 aliphatic heterocycles. The monoisotopic (exact) mass is 256 g/mol. The number of carbonyl (C=O) groups is 2. The Bertz CT molecular complexity index is 305. The number of likely N-dealkylation sites (tertiary alicyclic amines) is 1. The summed E-state index contributed by atoms with van der Waals surface area (Å²) in [6.07, 6.45) is 3.27. The van der Waals surface area contributed by atoms with Gasteiger partial charge in [0.25, 0.3) is 0 Å². The van der Waals surface area contributed by atoms with Gasteiger partial charge in [0, 0.05) is 18.6 Å². The number of amides is 1. The molecule has 0 radical (unpaired) electrons. The molecule has 0 bridgehead atoms. The van der Waals surface area contributed by atoms with Gasteiger partial charge < -0.3 is 10.0 Å². The van der Waals surface area contributed by atoms with E-state index in [-0.39, 0.29) is 31.1 Å². The van der Waals surface area contributed by atoms with Crippen molar-refractivity contribution in [2.24, 2.45) is 0 Å². The van der Waals surface area contributed by atoms with Crippen molar-refractivity contribution in [3.63, 3.8) is 0 Å². The van der Waals surface area contributed by atoms with Gasteiger partial charge in [0.1, 0.15) is 0 Å². The summed E-state index contributed by atoms with van der Waals surface area (Å²) in [5.41, 5.74) is 0. The molecule has 0 aliphatic carbocycles. The predicted octanol–water partition coefficient (Wildman–Crippen LogP) is 1.18. The molecular formula is C13H24N2O3. The third kappa shape index (κ3) is 4.29. The fraction of sp³-hybridized carbons (Fsp3) is 0.846.